The number of hydrogen-bond donors (Lipinski definition) is 1. The number of hydrogen-bond acceptors (Lipinski definition) is 4. The van der Waals surface area contributed by atoms with Gasteiger partial charge in [0.15, 0.2) is 17.2 Å². The highest BCUT2D eigenvalue weighted by Gasteiger charge is 2.29. The van der Waals surface area contributed by atoms with Crippen LogP contribution in [0.1, 0.15) is 48.0 Å². The summed E-state index contributed by atoms with van der Waals surface area (Å²) in [5.74, 6) is -0.922. The molecule has 1 aliphatic carbocycles. The number of anilines is 1. The standard InChI is InChI=1S/C23H13Cl2N3O3/c1-11-19(28-10-12(24)8-18(25)22(28)26-11)23(31)27-13-6-7-16-17(9-13)21(30)15-5-3-2-4-14(15)20(16)29/h2-10H,1H3,(H,27,31). The summed E-state index contributed by atoms with van der Waals surface area (Å²) in [5, 5.41) is 3.46. The van der Waals surface area contributed by atoms with Crippen LogP contribution >= 0.6 is 23.2 Å². The lowest BCUT2D eigenvalue weighted by molar-refractivity contribution is 0.0979. The van der Waals surface area contributed by atoms with Gasteiger partial charge in [-0.05, 0) is 31.2 Å². The lowest BCUT2D eigenvalue weighted by Gasteiger charge is -2.18. The Bertz CT molecular complexity index is 1460. The number of ketones is 2. The molecule has 31 heavy (non-hydrogen) atoms. The second kappa shape index (κ2) is 7.04. The molecule has 2 aromatic carbocycles. The van der Waals surface area contributed by atoms with Gasteiger partial charge in [-0.25, -0.2) is 4.98 Å². The number of amides is 1. The summed E-state index contributed by atoms with van der Waals surface area (Å²) in [7, 11) is 0. The van der Waals surface area contributed by atoms with E-state index in [1.54, 1.807) is 55.6 Å². The highest BCUT2D eigenvalue weighted by Crippen LogP contribution is 2.30. The normalized spacial score (nSPS) is 12.6. The van der Waals surface area contributed by atoms with E-state index < -0.39 is 5.91 Å². The zero-order valence-electron chi connectivity index (χ0n) is 16.1. The number of halogens is 2. The maximum absolute atomic E-state index is 13.0. The van der Waals surface area contributed by atoms with Crippen LogP contribution in [0.25, 0.3) is 5.65 Å². The van der Waals surface area contributed by atoms with Crippen molar-refractivity contribution in [3.05, 3.63) is 98.4 Å². The highest BCUT2D eigenvalue weighted by molar-refractivity contribution is 6.36. The molecule has 2 heterocycles. The largest absolute Gasteiger partial charge is 0.321 e. The summed E-state index contributed by atoms with van der Waals surface area (Å²) in [4.78, 5) is 43.0. The van der Waals surface area contributed by atoms with E-state index in [9.17, 15) is 14.4 Å². The second-order valence-corrected chi connectivity index (χ2v) is 8.01. The summed E-state index contributed by atoms with van der Waals surface area (Å²) in [5.41, 5.74) is 2.83. The van der Waals surface area contributed by atoms with Crippen LogP contribution in [0.2, 0.25) is 10.0 Å². The second-order valence-electron chi connectivity index (χ2n) is 7.16. The number of rotatable bonds is 2. The Morgan fingerprint density at radius 3 is 2.29 bits per heavy atom. The summed E-state index contributed by atoms with van der Waals surface area (Å²) in [6, 6.07) is 12.9. The third-order valence-corrected chi connectivity index (χ3v) is 5.70. The maximum atomic E-state index is 13.0. The number of aromatic nitrogens is 2. The van der Waals surface area contributed by atoms with Crippen LogP contribution in [-0.4, -0.2) is 26.9 Å². The van der Waals surface area contributed by atoms with Gasteiger partial charge in [-0.15, -0.1) is 0 Å². The van der Waals surface area contributed by atoms with Gasteiger partial charge < -0.3 is 5.32 Å². The van der Waals surface area contributed by atoms with E-state index in [1.165, 1.54) is 10.5 Å². The Morgan fingerprint density at radius 2 is 1.58 bits per heavy atom. The van der Waals surface area contributed by atoms with Crippen LogP contribution in [0, 0.1) is 6.92 Å². The first kappa shape index (κ1) is 19.5. The SMILES string of the molecule is Cc1nc2c(Cl)cc(Cl)cn2c1C(=O)Nc1ccc2c(c1)C(=O)c1ccccc1C2=O. The monoisotopic (exact) mass is 449 g/mol. The van der Waals surface area contributed by atoms with E-state index in [2.05, 4.69) is 10.3 Å². The van der Waals surface area contributed by atoms with Gasteiger partial charge in [0.2, 0.25) is 0 Å². The predicted molar refractivity (Wildman–Crippen MR) is 118 cm³/mol. The molecule has 2 aromatic heterocycles. The number of fused-ring (bicyclic) bond motifs is 3. The van der Waals surface area contributed by atoms with Gasteiger partial charge in [0, 0.05) is 34.1 Å². The summed E-state index contributed by atoms with van der Waals surface area (Å²) >= 11 is 12.3. The number of nitrogens with zero attached hydrogens (tertiary/aromatic N) is 2. The predicted octanol–water partition coefficient (Wildman–Crippen LogP) is 4.98. The highest BCUT2D eigenvalue weighted by atomic mass is 35.5. The fraction of sp³-hybridized carbons (Fsp3) is 0.0435. The third kappa shape index (κ3) is 3.03. The molecule has 6 nitrogen and oxygen atoms in total. The Kier molecular flexibility index (Phi) is 4.43. The molecule has 0 saturated heterocycles. The zero-order valence-corrected chi connectivity index (χ0v) is 17.6. The molecule has 5 rings (SSSR count). The molecule has 8 heteroatoms. The van der Waals surface area contributed by atoms with E-state index in [4.69, 9.17) is 23.2 Å². The fourth-order valence-electron chi connectivity index (χ4n) is 3.83. The average molecular weight is 450 g/mol. The Balaban J connectivity index is 1.53. The minimum atomic E-state index is -0.446. The number of carbonyl (C=O) groups is 3. The molecule has 0 bridgehead atoms. The van der Waals surface area contributed by atoms with Crippen LogP contribution in [0.5, 0.6) is 0 Å². The fourth-order valence-corrected chi connectivity index (χ4v) is 4.34. The van der Waals surface area contributed by atoms with Gasteiger partial charge in [0.05, 0.1) is 15.7 Å². The number of pyridine rings is 1. The van der Waals surface area contributed by atoms with Crippen molar-refractivity contribution in [2.75, 3.05) is 5.32 Å². The van der Waals surface area contributed by atoms with Gasteiger partial charge in [-0.2, -0.15) is 0 Å². The van der Waals surface area contributed by atoms with E-state index in [0.717, 1.165) is 0 Å². The molecular weight excluding hydrogens is 437 g/mol. The van der Waals surface area contributed by atoms with Crippen LogP contribution in [-0.2, 0) is 0 Å². The smallest absolute Gasteiger partial charge is 0.274 e. The van der Waals surface area contributed by atoms with Crippen molar-refractivity contribution in [2.24, 2.45) is 0 Å². The number of benzene rings is 2. The number of carbonyl (C=O) groups excluding carboxylic acids is 3. The number of nitrogens with one attached hydrogen (secondary N) is 1. The molecule has 0 unspecified atom stereocenters. The van der Waals surface area contributed by atoms with Crippen molar-refractivity contribution in [3.8, 4) is 0 Å². The molecule has 0 atom stereocenters. The van der Waals surface area contributed by atoms with Crippen LogP contribution in [0.4, 0.5) is 5.69 Å². The van der Waals surface area contributed by atoms with Crippen molar-refractivity contribution in [1.29, 1.82) is 0 Å². The number of imidazole rings is 1. The quantitative estimate of drug-likeness (QED) is 0.412. The van der Waals surface area contributed by atoms with Crippen LogP contribution in [0.15, 0.2) is 54.7 Å². The van der Waals surface area contributed by atoms with E-state index in [1.807, 2.05) is 0 Å². The minimum Gasteiger partial charge on any atom is -0.321 e. The topological polar surface area (TPSA) is 80.5 Å². The van der Waals surface area contributed by atoms with Crippen molar-refractivity contribution in [3.63, 3.8) is 0 Å². The molecule has 0 spiro atoms. The van der Waals surface area contributed by atoms with Crippen LogP contribution in [0.3, 0.4) is 0 Å². The Morgan fingerprint density at radius 1 is 0.935 bits per heavy atom. The Labute approximate surface area is 186 Å². The van der Waals surface area contributed by atoms with Crippen molar-refractivity contribution in [2.45, 2.75) is 6.92 Å². The molecule has 0 fully saturated rings. The molecule has 0 saturated carbocycles. The average Bonchev–Trinajstić information content (AvgIpc) is 3.08. The molecule has 1 amide bonds. The first-order valence-electron chi connectivity index (χ1n) is 9.32. The molecule has 1 aliphatic rings. The first-order valence-corrected chi connectivity index (χ1v) is 10.1. The van der Waals surface area contributed by atoms with Gasteiger partial charge >= 0.3 is 0 Å². The zero-order chi connectivity index (χ0) is 21.9. The minimum absolute atomic E-state index is 0.218. The van der Waals surface area contributed by atoms with Crippen molar-refractivity contribution >= 4 is 52.0 Å². The molecule has 1 N–H and O–H groups in total. The van der Waals surface area contributed by atoms with Gasteiger partial charge in [0.25, 0.3) is 5.91 Å². The van der Waals surface area contributed by atoms with Gasteiger partial charge in [-0.3, -0.25) is 18.8 Å². The van der Waals surface area contributed by atoms with Crippen molar-refractivity contribution in [1.82, 2.24) is 9.38 Å². The van der Waals surface area contributed by atoms with Gasteiger partial charge in [-0.1, -0.05) is 47.5 Å². The molecular formula is C23H13Cl2N3O3. The lowest BCUT2D eigenvalue weighted by Crippen LogP contribution is -2.22. The lowest BCUT2D eigenvalue weighted by atomic mass is 9.84. The molecule has 4 aromatic rings. The maximum Gasteiger partial charge on any atom is 0.274 e. The third-order valence-electron chi connectivity index (χ3n) is 5.21. The van der Waals surface area contributed by atoms with Crippen LogP contribution < -0.4 is 5.32 Å². The van der Waals surface area contributed by atoms with Crippen molar-refractivity contribution < 1.29 is 14.4 Å². The Hall–Kier alpha value is -3.48. The molecule has 152 valence electrons. The number of aryl methyl sites for hydroxylation is 1. The van der Waals surface area contributed by atoms with E-state index in [0.29, 0.717) is 43.8 Å². The molecule has 0 radical (unpaired) electrons. The molecule has 0 aliphatic heterocycles. The van der Waals surface area contributed by atoms with Gasteiger partial charge in [0.1, 0.15) is 5.69 Å². The summed E-state index contributed by atoms with van der Waals surface area (Å²) in [6.45, 7) is 1.69. The van der Waals surface area contributed by atoms with E-state index >= 15 is 0 Å². The summed E-state index contributed by atoms with van der Waals surface area (Å²) in [6.07, 6.45) is 1.56. The first-order chi connectivity index (χ1) is 14.8. The summed E-state index contributed by atoms with van der Waals surface area (Å²) < 4.78 is 1.53. The van der Waals surface area contributed by atoms with E-state index in [-0.39, 0.29) is 22.8 Å².